The second-order valence-corrected chi connectivity index (χ2v) is 3.91. The zero-order chi connectivity index (χ0) is 10.6. The molecule has 0 atom stereocenters. The van der Waals surface area contributed by atoms with Gasteiger partial charge in [-0.15, -0.1) is 0 Å². The molecule has 0 aromatic heterocycles. The van der Waals surface area contributed by atoms with Gasteiger partial charge in [-0.1, -0.05) is 45.0 Å². The molecule has 0 aliphatic rings. The van der Waals surface area contributed by atoms with Crippen LogP contribution in [-0.4, -0.2) is 0 Å². The molecule has 0 aliphatic heterocycles. The molecule has 0 bridgehead atoms. The summed E-state index contributed by atoms with van der Waals surface area (Å²) in [6.45, 7) is 6.47. The van der Waals surface area contributed by atoms with E-state index in [-0.39, 0.29) is 5.54 Å². The minimum atomic E-state index is -0.133. The van der Waals surface area contributed by atoms with Gasteiger partial charge in [0.1, 0.15) is 0 Å². The molecule has 0 radical (unpaired) electrons. The third-order valence-corrected chi connectivity index (χ3v) is 3.20. The molecule has 1 rings (SSSR count). The van der Waals surface area contributed by atoms with Gasteiger partial charge in [-0.2, -0.15) is 0 Å². The van der Waals surface area contributed by atoms with Crippen LogP contribution in [0.4, 0.5) is 0 Å². The van der Waals surface area contributed by atoms with Gasteiger partial charge in [-0.3, -0.25) is 0 Å². The molecule has 2 N–H and O–H groups in total. The Morgan fingerprint density at radius 2 is 1.50 bits per heavy atom. The first-order valence-corrected chi connectivity index (χ1v) is 5.54. The van der Waals surface area contributed by atoms with Crippen LogP contribution in [0.5, 0.6) is 0 Å². The third kappa shape index (κ3) is 2.16. The van der Waals surface area contributed by atoms with Crippen molar-refractivity contribution in [3.63, 3.8) is 0 Å². The van der Waals surface area contributed by atoms with Crippen LogP contribution >= 0.6 is 0 Å². The SMILES string of the molecule is CCc1ccc(C(N)(CC)CC)cc1. The third-order valence-electron chi connectivity index (χ3n) is 3.20. The van der Waals surface area contributed by atoms with Gasteiger partial charge >= 0.3 is 0 Å². The van der Waals surface area contributed by atoms with Gasteiger partial charge in [0.15, 0.2) is 0 Å². The van der Waals surface area contributed by atoms with Crippen molar-refractivity contribution in [1.29, 1.82) is 0 Å². The van der Waals surface area contributed by atoms with Crippen molar-refractivity contribution in [2.45, 2.75) is 45.6 Å². The molecule has 78 valence electrons. The van der Waals surface area contributed by atoms with E-state index in [1.165, 1.54) is 11.1 Å². The first kappa shape index (κ1) is 11.3. The molecular weight excluding hydrogens is 170 g/mol. The summed E-state index contributed by atoms with van der Waals surface area (Å²) in [7, 11) is 0. The van der Waals surface area contributed by atoms with Crippen molar-refractivity contribution in [2.75, 3.05) is 0 Å². The van der Waals surface area contributed by atoms with E-state index >= 15 is 0 Å². The normalized spacial score (nSPS) is 11.7. The Labute approximate surface area is 87.3 Å². The summed E-state index contributed by atoms with van der Waals surface area (Å²) in [4.78, 5) is 0. The molecule has 1 aromatic carbocycles. The zero-order valence-electron chi connectivity index (χ0n) is 9.51. The maximum atomic E-state index is 6.31. The molecular formula is C13H21N. The van der Waals surface area contributed by atoms with Crippen LogP contribution in [0.1, 0.15) is 44.7 Å². The van der Waals surface area contributed by atoms with Gasteiger partial charge in [-0.05, 0) is 30.4 Å². The molecule has 1 nitrogen and oxygen atoms in total. The highest BCUT2D eigenvalue weighted by atomic mass is 14.7. The second-order valence-electron chi connectivity index (χ2n) is 3.91. The highest BCUT2D eigenvalue weighted by molar-refractivity contribution is 5.28. The van der Waals surface area contributed by atoms with Crippen LogP contribution in [0.3, 0.4) is 0 Å². The fourth-order valence-electron chi connectivity index (χ4n) is 1.73. The van der Waals surface area contributed by atoms with Crippen molar-refractivity contribution in [2.24, 2.45) is 5.73 Å². The lowest BCUT2D eigenvalue weighted by molar-refractivity contribution is 0.412. The average Bonchev–Trinajstić information content (AvgIpc) is 2.28. The quantitative estimate of drug-likeness (QED) is 0.777. The van der Waals surface area contributed by atoms with E-state index < -0.39 is 0 Å². The zero-order valence-corrected chi connectivity index (χ0v) is 9.51. The smallest absolute Gasteiger partial charge is 0.0404 e. The molecule has 0 saturated heterocycles. The first-order chi connectivity index (χ1) is 6.66. The first-order valence-electron chi connectivity index (χ1n) is 5.54. The molecule has 0 spiro atoms. The maximum Gasteiger partial charge on any atom is 0.0404 e. The molecule has 0 saturated carbocycles. The molecule has 0 fully saturated rings. The van der Waals surface area contributed by atoms with E-state index in [4.69, 9.17) is 5.73 Å². The number of benzene rings is 1. The Morgan fingerprint density at radius 1 is 1.00 bits per heavy atom. The minimum absolute atomic E-state index is 0.133. The number of nitrogens with two attached hydrogens (primary N) is 1. The van der Waals surface area contributed by atoms with Crippen LogP contribution in [-0.2, 0) is 12.0 Å². The minimum Gasteiger partial charge on any atom is -0.321 e. The second kappa shape index (κ2) is 4.61. The molecule has 0 aliphatic carbocycles. The van der Waals surface area contributed by atoms with Crippen LogP contribution in [0.2, 0.25) is 0 Å². The average molecular weight is 191 g/mol. The number of hydrogen-bond acceptors (Lipinski definition) is 1. The summed E-state index contributed by atoms with van der Waals surface area (Å²) in [5, 5.41) is 0. The van der Waals surface area contributed by atoms with Crippen molar-refractivity contribution in [3.8, 4) is 0 Å². The van der Waals surface area contributed by atoms with Crippen LogP contribution in [0.15, 0.2) is 24.3 Å². The summed E-state index contributed by atoms with van der Waals surface area (Å²) in [5.74, 6) is 0. The summed E-state index contributed by atoms with van der Waals surface area (Å²) in [6.07, 6.45) is 3.08. The predicted octanol–water partition coefficient (Wildman–Crippen LogP) is 3.22. The van der Waals surface area contributed by atoms with Gasteiger partial charge in [-0.25, -0.2) is 0 Å². The van der Waals surface area contributed by atoms with Crippen molar-refractivity contribution in [3.05, 3.63) is 35.4 Å². The Morgan fingerprint density at radius 3 is 1.86 bits per heavy atom. The Balaban J connectivity index is 2.95. The number of rotatable bonds is 4. The summed E-state index contributed by atoms with van der Waals surface area (Å²) in [5.41, 5.74) is 8.82. The molecule has 0 amide bonds. The van der Waals surface area contributed by atoms with Crippen LogP contribution in [0, 0.1) is 0 Å². The van der Waals surface area contributed by atoms with E-state index in [1.54, 1.807) is 0 Å². The topological polar surface area (TPSA) is 26.0 Å². The van der Waals surface area contributed by atoms with E-state index in [1.807, 2.05) is 0 Å². The lowest BCUT2D eigenvalue weighted by Crippen LogP contribution is -2.34. The van der Waals surface area contributed by atoms with Crippen LogP contribution < -0.4 is 5.73 Å². The lowest BCUT2D eigenvalue weighted by atomic mass is 9.85. The summed E-state index contributed by atoms with van der Waals surface area (Å²) >= 11 is 0. The number of aryl methyl sites for hydroxylation is 1. The van der Waals surface area contributed by atoms with Crippen molar-refractivity contribution in [1.82, 2.24) is 0 Å². The van der Waals surface area contributed by atoms with Crippen LogP contribution in [0.25, 0.3) is 0 Å². The Hall–Kier alpha value is -0.820. The fraction of sp³-hybridized carbons (Fsp3) is 0.538. The predicted molar refractivity (Wildman–Crippen MR) is 62.3 cm³/mol. The highest BCUT2D eigenvalue weighted by Crippen LogP contribution is 2.25. The monoisotopic (exact) mass is 191 g/mol. The molecule has 0 heterocycles. The van der Waals surface area contributed by atoms with E-state index in [2.05, 4.69) is 45.0 Å². The van der Waals surface area contributed by atoms with Gasteiger partial charge in [0, 0.05) is 5.54 Å². The number of hydrogen-bond donors (Lipinski definition) is 1. The summed E-state index contributed by atoms with van der Waals surface area (Å²) in [6, 6.07) is 8.71. The van der Waals surface area contributed by atoms with Gasteiger partial charge < -0.3 is 5.73 Å². The lowest BCUT2D eigenvalue weighted by Gasteiger charge is -2.27. The van der Waals surface area contributed by atoms with E-state index in [9.17, 15) is 0 Å². The van der Waals surface area contributed by atoms with E-state index in [0.29, 0.717) is 0 Å². The molecule has 0 unspecified atom stereocenters. The summed E-state index contributed by atoms with van der Waals surface area (Å²) < 4.78 is 0. The van der Waals surface area contributed by atoms with Gasteiger partial charge in [0.2, 0.25) is 0 Å². The largest absolute Gasteiger partial charge is 0.321 e. The Bertz CT molecular complexity index is 270. The molecule has 1 aromatic rings. The van der Waals surface area contributed by atoms with Gasteiger partial charge in [0.25, 0.3) is 0 Å². The van der Waals surface area contributed by atoms with Gasteiger partial charge in [0.05, 0.1) is 0 Å². The van der Waals surface area contributed by atoms with Crippen molar-refractivity contribution >= 4 is 0 Å². The van der Waals surface area contributed by atoms with E-state index in [0.717, 1.165) is 19.3 Å². The molecule has 14 heavy (non-hydrogen) atoms. The standard InChI is InChI=1S/C13H21N/c1-4-11-7-9-12(10-8-11)13(14,5-2)6-3/h7-10H,4-6,14H2,1-3H3. The maximum absolute atomic E-state index is 6.31. The Kier molecular flexibility index (Phi) is 3.70. The fourth-order valence-corrected chi connectivity index (χ4v) is 1.73. The molecule has 1 heteroatoms. The highest BCUT2D eigenvalue weighted by Gasteiger charge is 2.22. The van der Waals surface area contributed by atoms with Crippen molar-refractivity contribution < 1.29 is 0 Å².